The van der Waals surface area contributed by atoms with E-state index in [1.807, 2.05) is 0 Å². The highest BCUT2D eigenvalue weighted by atomic mass is 19.1. The van der Waals surface area contributed by atoms with E-state index < -0.39 is 11.6 Å². The van der Waals surface area contributed by atoms with E-state index in [9.17, 15) is 8.78 Å². The van der Waals surface area contributed by atoms with Crippen molar-refractivity contribution in [1.82, 2.24) is 0 Å². The van der Waals surface area contributed by atoms with Crippen LogP contribution in [0.25, 0.3) is 21.9 Å². The van der Waals surface area contributed by atoms with Crippen molar-refractivity contribution >= 4 is 21.9 Å². The van der Waals surface area contributed by atoms with E-state index in [0.717, 1.165) is 12.8 Å². The molecule has 0 radical (unpaired) electrons. The number of benzene rings is 2. The molecule has 2 nitrogen and oxygen atoms in total. The highest BCUT2D eigenvalue weighted by Gasteiger charge is 2.20. The molecule has 0 spiro atoms. The lowest BCUT2D eigenvalue weighted by molar-refractivity contribution is 0.242. The van der Waals surface area contributed by atoms with Crippen LogP contribution in [0.1, 0.15) is 25.7 Å². The third-order valence-corrected chi connectivity index (χ3v) is 4.47. The molecule has 3 aromatic rings. The standard InChI is InChI=1S/C18H16F2O2/c19-14-7-3-6-12-13-8-9-15(16(20)18(13)22-17(12)14)21-10-11-4-1-2-5-11/h3,6-9,11H,1-2,4-5,10H2. The normalized spacial score (nSPS) is 15.9. The Kier molecular flexibility index (Phi) is 3.25. The van der Waals surface area contributed by atoms with Crippen molar-refractivity contribution < 1.29 is 17.9 Å². The van der Waals surface area contributed by atoms with Gasteiger partial charge in [0.1, 0.15) is 0 Å². The average Bonchev–Trinajstić information content (AvgIpc) is 3.15. The van der Waals surface area contributed by atoms with Gasteiger partial charge in [0, 0.05) is 10.8 Å². The van der Waals surface area contributed by atoms with Gasteiger partial charge in [-0.1, -0.05) is 25.0 Å². The van der Waals surface area contributed by atoms with Crippen LogP contribution in [0, 0.1) is 17.6 Å². The summed E-state index contributed by atoms with van der Waals surface area (Å²) in [5.41, 5.74) is 0.147. The highest BCUT2D eigenvalue weighted by molar-refractivity contribution is 6.05. The minimum Gasteiger partial charge on any atom is -0.490 e. The first-order valence-electron chi connectivity index (χ1n) is 7.66. The lowest BCUT2D eigenvalue weighted by Crippen LogP contribution is -2.08. The second-order valence-electron chi connectivity index (χ2n) is 5.93. The number of hydrogen-bond donors (Lipinski definition) is 0. The van der Waals surface area contributed by atoms with Crippen molar-refractivity contribution in [2.45, 2.75) is 25.7 Å². The van der Waals surface area contributed by atoms with E-state index in [1.54, 1.807) is 24.3 Å². The van der Waals surface area contributed by atoms with Gasteiger partial charge < -0.3 is 9.15 Å². The van der Waals surface area contributed by atoms with Crippen LogP contribution in [0.5, 0.6) is 5.75 Å². The molecule has 1 fully saturated rings. The van der Waals surface area contributed by atoms with E-state index in [-0.39, 0.29) is 16.9 Å². The van der Waals surface area contributed by atoms with E-state index in [2.05, 4.69) is 0 Å². The summed E-state index contributed by atoms with van der Waals surface area (Å²) in [6.45, 7) is 0.525. The first kappa shape index (κ1) is 13.6. The summed E-state index contributed by atoms with van der Waals surface area (Å²) in [7, 11) is 0. The lowest BCUT2D eigenvalue weighted by Gasteiger charge is -2.11. The fraction of sp³-hybridized carbons (Fsp3) is 0.333. The Labute approximate surface area is 126 Å². The van der Waals surface area contributed by atoms with E-state index in [1.165, 1.54) is 18.9 Å². The van der Waals surface area contributed by atoms with Gasteiger partial charge in [-0.15, -0.1) is 0 Å². The number of furan rings is 1. The Hall–Kier alpha value is -2.10. The zero-order chi connectivity index (χ0) is 15.1. The minimum absolute atomic E-state index is 0.0593. The monoisotopic (exact) mass is 302 g/mol. The SMILES string of the molecule is Fc1cccc2c1oc1c(F)c(OCC3CCCC3)ccc12. The van der Waals surface area contributed by atoms with Gasteiger partial charge in [-0.25, -0.2) is 4.39 Å². The molecular weight excluding hydrogens is 286 g/mol. The van der Waals surface area contributed by atoms with Crippen molar-refractivity contribution in [3.63, 3.8) is 0 Å². The Morgan fingerprint density at radius 1 is 1.00 bits per heavy atom. The molecule has 0 N–H and O–H groups in total. The van der Waals surface area contributed by atoms with Crippen LogP contribution >= 0.6 is 0 Å². The molecule has 114 valence electrons. The highest BCUT2D eigenvalue weighted by Crippen LogP contribution is 2.35. The molecule has 4 rings (SSSR count). The molecule has 1 saturated carbocycles. The Morgan fingerprint density at radius 3 is 2.59 bits per heavy atom. The zero-order valence-electron chi connectivity index (χ0n) is 12.1. The third-order valence-electron chi connectivity index (χ3n) is 4.47. The van der Waals surface area contributed by atoms with Crippen molar-refractivity contribution in [3.05, 3.63) is 42.0 Å². The summed E-state index contributed by atoms with van der Waals surface area (Å²) in [5.74, 6) is -0.352. The number of para-hydroxylation sites is 1. The molecule has 0 aliphatic heterocycles. The molecule has 0 bridgehead atoms. The Balaban J connectivity index is 1.73. The molecule has 2 aromatic carbocycles. The molecule has 1 heterocycles. The molecular formula is C18H16F2O2. The second-order valence-corrected chi connectivity index (χ2v) is 5.93. The van der Waals surface area contributed by atoms with Crippen LogP contribution in [-0.4, -0.2) is 6.61 Å². The minimum atomic E-state index is -0.550. The first-order valence-corrected chi connectivity index (χ1v) is 7.66. The van der Waals surface area contributed by atoms with Crippen LogP contribution < -0.4 is 4.74 Å². The molecule has 1 aliphatic rings. The van der Waals surface area contributed by atoms with Crippen molar-refractivity contribution in [1.29, 1.82) is 0 Å². The summed E-state index contributed by atoms with van der Waals surface area (Å²) >= 11 is 0. The lowest BCUT2D eigenvalue weighted by atomic mass is 10.1. The molecule has 4 heteroatoms. The smallest absolute Gasteiger partial charge is 0.208 e. The maximum atomic E-state index is 14.6. The number of fused-ring (bicyclic) bond motifs is 3. The second kappa shape index (κ2) is 5.27. The number of rotatable bonds is 3. The van der Waals surface area contributed by atoms with Crippen molar-refractivity contribution in [3.8, 4) is 5.75 Å². The quantitative estimate of drug-likeness (QED) is 0.643. The van der Waals surface area contributed by atoms with Gasteiger partial charge in [0.2, 0.25) is 5.82 Å². The predicted octanol–water partition coefficient (Wildman–Crippen LogP) is 5.43. The fourth-order valence-corrected chi connectivity index (χ4v) is 3.27. The van der Waals surface area contributed by atoms with Crippen LogP contribution in [-0.2, 0) is 0 Å². The van der Waals surface area contributed by atoms with Gasteiger partial charge in [0.15, 0.2) is 22.7 Å². The zero-order valence-corrected chi connectivity index (χ0v) is 12.1. The molecule has 0 saturated heterocycles. The Morgan fingerprint density at radius 2 is 1.77 bits per heavy atom. The molecule has 1 aromatic heterocycles. The fourth-order valence-electron chi connectivity index (χ4n) is 3.27. The van der Waals surface area contributed by atoms with Crippen LogP contribution in [0.3, 0.4) is 0 Å². The predicted molar refractivity (Wildman–Crippen MR) is 81.1 cm³/mol. The molecule has 0 atom stereocenters. The summed E-state index contributed by atoms with van der Waals surface area (Å²) in [6, 6.07) is 7.96. The molecule has 0 amide bonds. The summed E-state index contributed by atoms with van der Waals surface area (Å²) in [4.78, 5) is 0. The van der Waals surface area contributed by atoms with Gasteiger partial charge in [-0.3, -0.25) is 0 Å². The summed E-state index contributed by atoms with van der Waals surface area (Å²) < 4.78 is 39.4. The molecule has 1 aliphatic carbocycles. The molecule has 22 heavy (non-hydrogen) atoms. The van der Waals surface area contributed by atoms with Gasteiger partial charge in [-0.05, 0) is 37.0 Å². The first-order chi connectivity index (χ1) is 10.7. The van der Waals surface area contributed by atoms with Crippen molar-refractivity contribution in [2.24, 2.45) is 5.92 Å². The number of hydrogen-bond acceptors (Lipinski definition) is 2. The van der Waals surface area contributed by atoms with Gasteiger partial charge >= 0.3 is 0 Å². The summed E-state index contributed by atoms with van der Waals surface area (Å²) in [5, 5.41) is 1.15. The average molecular weight is 302 g/mol. The van der Waals surface area contributed by atoms with Crippen LogP contribution in [0.4, 0.5) is 8.78 Å². The number of ether oxygens (including phenoxy) is 1. The van der Waals surface area contributed by atoms with E-state index in [0.29, 0.717) is 23.3 Å². The van der Waals surface area contributed by atoms with Crippen molar-refractivity contribution in [2.75, 3.05) is 6.61 Å². The maximum Gasteiger partial charge on any atom is 0.208 e. The summed E-state index contributed by atoms with van der Waals surface area (Å²) in [6.07, 6.45) is 4.72. The topological polar surface area (TPSA) is 22.4 Å². The maximum absolute atomic E-state index is 14.6. The van der Waals surface area contributed by atoms with Gasteiger partial charge in [0.25, 0.3) is 0 Å². The van der Waals surface area contributed by atoms with Crippen LogP contribution in [0.15, 0.2) is 34.7 Å². The van der Waals surface area contributed by atoms with E-state index in [4.69, 9.17) is 9.15 Å². The van der Waals surface area contributed by atoms with Gasteiger partial charge in [-0.2, -0.15) is 4.39 Å². The number of halogens is 2. The molecule has 0 unspecified atom stereocenters. The third kappa shape index (κ3) is 2.14. The van der Waals surface area contributed by atoms with Crippen LogP contribution in [0.2, 0.25) is 0 Å². The van der Waals surface area contributed by atoms with Gasteiger partial charge in [0.05, 0.1) is 6.61 Å². The Bertz CT molecular complexity index is 832. The van der Waals surface area contributed by atoms with E-state index >= 15 is 0 Å². The largest absolute Gasteiger partial charge is 0.490 e.